The summed E-state index contributed by atoms with van der Waals surface area (Å²) >= 11 is 4.66. The molecule has 0 unspecified atom stereocenters. The molecule has 1 N–H and O–H groups in total. The minimum atomic E-state index is -0.205. The lowest BCUT2D eigenvalue weighted by atomic mass is 10.1. The van der Waals surface area contributed by atoms with Crippen LogP contribution in [0.1, 0.15) is 29.4 Å². The molecule has 0 atom stereocenters. The van der Waals surface area contributed by atoms with E-state index in [1.165, 1.54) is 11.3 Å². The minimum Gasteiger partial charge on any atom is -0.378 e. The molecule has 0 radical (unpaired) electrons. The lowest BCUT2D eigenvalue weighted by molar-refractivity contribution is -0.132. The van der Waals surface area contributed by atoms with E-state index in [0.29, 0.717) is 24.6 Å². The van der Waals surface area contributed by atoms with Gasteiger partial charge in [-0.25, -0.2) is 0 Å². The van der Waals surface area contributed by atoms with Crippen LogP contribution in [0.15, 0.2) is 15.9 Å². The van der Waals surface area contributed by atoms with Gasteiger partial charge in [0.2, 0.25) is 5.91 Å². The number of halogens is 1. The Kier molecular flexibility index (Phi) is 6.20. The molecule has 0 bridgehead atoms. The van der Waals surface area contributed by atoms with Crippen molar-refractivity contribution >= 4 is 39.1 Å². The highest BCUT2D eigenvalue weighted by atomic mass is 79.9. The summed E-state index contributed by atoms with van der Waals surface area (Å²) in [6.07, 6.45) is 1.99. The van der Waals surface area contributed by atoms with Crippen LogP contribution in [0, 0.1) is 0 Å². The molecule has 1 aliphatic heterocycles. The molecule has 21 heavy (non-hydrogen) atoms. The number of nitrogens with one attached hydrogen (secondary N) is 1. The Hall–Kier alpha value is -0.920. The fraction of sp³-hybridized carbons (Fsp3) is 0.571. The highest BCUT2D eigenvalue weighted by Gasteiger charge is 2.23. The number of piperidine rings is 1. The Morgan fingerprint density at radius 3 is 2.71 bits per heavy atom. The van der Waals surface area contributed by atoms with Gasteiger partial charge in [-0.3, -0.25) is 9.59 Å². The van der Waals surface area contributed by atoms with Gasteiger partial charge in [-0.15, -0.1) is 11.3 Å². The van der Waals surface area contributed by atoms with Gasteiger partial charge in [-0.2, -0.15) is 0 Å². The zero-order chi connectivity index (χ0) is 15.2. The van der Waals surface area contributed by atoms with Gasteiger partial charge in [0.25, 0.3) is 5.91 Å². The van der Waals surface area contributed by atoms with Crippen molar-refractivity contribution in [2.75, 3.05) is 26.2 Å². The largest absolute Gasteiger partial charge is 0.378 e. The molecule has 1 saturated heterocycles. The molecule has 1 aliphatic rings. The van der Waals surface area contributed by atoms with Crippen molar-refractivity contribution in [3.8, 4) is 0 Å². The maximum Gasteiger partial charge on any atom is 0.261 e. The van der Waals surface area contributed by atoms with E-state index in [4.69, 9.17) is 4.74 Å². The molecule has 1 aromatic heterocycles. The molecule has 1 aromatic rings. The number of nitrogens with zero attached hydrogens (tertiary/aromatic N) is 1. The summed E-state index contributed by atoms with van der Waals surface area (Å²) in [4.78, 5) is 26.3. The predicted molar refractivity (Wildman–Crippen MR) is 85.6 cm³/mol. The molecule has 2 amide bonds. The molecule has 7 heteroatoms. The van der Waals surface area contributed by atoms with Gasteiger partial charge in [0.15, 0.2) is 0 Å². The Bertz CT molecular complexity index is 498. The first kappa shape index (κ1) is 16.5. The number of hydrogen-bond acceptors (Lipinski definition) is 4. The number of rotatable bonds is 5. The van der Waals surface area contributed by atoms with Crippen LogP contribution in [0.25, 0.3) is 0 Å². The van der Waals surface area contributed by atoms with Gasteiger partial charge in [0.05, 0.1) is 21.3 Å². The van der Waals surface area contributed by atoms with E-state index in [9.17, 15) is 9.59 Å². The van der Waals surface area contributed by atoms with Crippen LogP contribution in [0.5, 0.6) is 0 Å². The van der Waals surface area contributed by atoms with Crippen LogP contribution in [0.3, 0.4) is 0 Å². The third kappa shape index (κ3) is 4.79. The second-order valence-electron chi connectivity index (χ2n) is 4.82. The van der Waals surface area contributed by atoms with Crippen LogP contribution in [0.4, 0.5) is 0 Å². The van der Waals surface area contributed by atoms with Crippen molar-refractivity contribution < 1.29 is 14.3 Å². The number of ether oxygens (including phenoxy) is 1. The second kappa shape index (κ2) is 7.91. The highest BCUT2D eigenvalue weighted by molar-refractivity contribution is 9.11. The standard InChI is InChI=1S/C14H19BrN2O3S/c1-2-20-10-5-7-17(8-6-10)13(18)9-16-14(19)11-3-4-12(15)21-11/h3-4,10H,2,5-9H2,1H3,(H,16,19). The van der Waals surface area contributed by atoms with Gasteiger partial charge in [0.1, 0.15) is 0 Å². The molecule has 2 heterocycles. The Morgan fingerprint density at radius 1 is 1.43 bits per heavy atom. The smallest absolute Gasteiger partial charge is 0.261 e. The summed E-state index contributed by atoms with van der Waals surface area (Å²) in [5, 5.41) is 2.67. The molecule has 0 aliphatic carbocycles. The lowest BCUT2D eigenvalue weighted by Crippen LogP contribution is -2.45. The number of carbonyl (C=O) groups excluding carboxylic acids is 2. The van der Waals surface area contributed by atoms with Gasteiger partial charge in [-0.1, -0.05) is 0 Å². The molecular weight excluding hydrogens is 356 g/mol. The zero-order valence-corrected chi connectivity index (χ0v) is 14.3. The number of thiophene rings is 1. The van der Waals surface area contributed by atoms with E-state index >= 15 is 0 Å². The summed E-state index contributed by atoms with van der Waals surface area (Å²) in [5.41, 5.74) is 0. The van der Waals surface area contributed by atoms with Crippen molar-refractivity contribution in [3.05, 3.63) is 20.8 Å². The van der Waals surface area contributed by atoms with Crippen molar-refractivity contribution in [2.45, 2.75) is 25.9 Å². The van der Waals surface area contributed by atoms with Crippen molar-refractivity contribution in [3.63, 3.8) is 0 Å². The number of hydrogen-bond donors (Lipinski definition) is 1. The van der Waals surface area contributed by atoms with Crippen molar-refractivity contribution in [1.29, 1.82) is 0 Å². The van der Waals surface area contributed by atoms with E-state index in [0.717, 1.165) is 16.6 Å². The molecule has 1 fully saturated rings. The van der Waals surface area contributed by atoms with Crippen LogP contribution < -0.4 is 5.32 Å². The molecule has 5 nitrogen and oxygen atoms in total. The molecule has 0 aromatic carbocycles. The van der Waals surface area contributed by atoms with E-state index in [1.54, 1.807) is 11.0 Å². The Morgan fingerprint density at radius 2 is 2.14 bits per heavy atom. The Labute approximate surface area is 136 Å². The highest BCUT2D eigenvalue weighted by Crippen LogP contribution is 2.21. The fourth-order valence-electron chi connectivity index (χ4n) is 2.30. The first-order valence-electron chi connectivity index (χ1n) is 7.03. The normalized spacial score (nSPS) is 16.0. The van der Waals surface area contributed by atoms with E-state index < -0.39 is 0 Å². The summed E-state index contributed by atoms with van der Waals surface area (Å²) in [5.74, 6) is -0.239. The summed E-state index contributed by atoms with van der Waals surface area (Å²) < 4.78 is 6.46. The lowest BCUT2D eigenvalue weighted by Gasteiger charge is -2.31. The number of amides is 2. The van der Waals surface area contributed by atoms with Crippen LogP contribution in [0.2, 0.25) is 0 Å². The molecular formula is C14H19BrN2O3S. The molecule has 2 rings (SSSR count). The summed E-state index contributed by atoms with van der Waals surface area (Å²) in [6, 6.07) is 3.56. The Balaban J connectivity index is 1.74. The molecule has 0 spiro atoms. The van der Waals surface area contributed by atoms with Gasteiger partial charge in [0, 0.05) is 19.7 Å². The van der Waals surface area contributed by atoms with E-state index in [2.05, 4.69) is 21.2 Å². The average Bonchev–Trinajstić information content (AvgIpc) is 2.92. The molecule has 116 valence electrons. The zero-order valence-electron chi connectivity index (χ0n) is 11.9. The number of likely N-dealkylation sites (tertiary alicyclic amines) is 1. The monoisotopic (exact) mass is 374 g/mol. The fourth-order valence-corrected chi connectivity index (χ4v) is 3.60. The first-order valence-corrected chi connectivity index (χ1v) is 8.64. The van der Waals surface area contributed by atoms with Gasteiger partial charge in [-0.05, 0) is 47.8 Å². The maximum atomic E-state index is 12.1. The minimum absolute atomic E-state index is 0.0334. The van der Waals surface area contributed by atoms with Crippen LogP contribution in [-0.2, 0) is 9.53 Å². The van der Waals surface area contributed by atoms with Crippen molar-refractivity contribution in [2.24, 2.45) is 0 Å². The second-order valence-corrected chi connectivity index (χ2v) is 7.28. The third-order valence-electron chi connectivity index (χ3n) is 3.39. The predicted octanol–water partition coefficient (Wildman–Crippen LogP) is 2.27. The van der Waals surface area contributed by atoms with Crippen molar-refractivity contribution in [1.82, 2.24) is 10.2 Å². The average molecular weight is 375 g/mol. The van der Waals surface area contributed by atoms with E-state index in [1.807, 2.05) is 13.0 Å². The van der Waals surface area contributed by atoms with Gasteiger partial charge >= 0.3 is 0 Å². The topological polar surface area (TPSA) is 58.6 Å². The quantitative estimate of drug-likeness (QED) is 0.859. The van der Waals surface area contributed by atoms with E-state index in [-0.39, 0.29) is 24.5 Å². The molecule has 0 saturated carbocycles. The first-order chi connectivity index (χ1) is 10.1. The van der Waals surface area contributed by atoms with Crippen LogP contribution in [-0.4, -0.2) is 49.1 Å². The SMILES string of the molecule is CCOC1CCN(C(=O)CNC(=O)c2ccc(Br)s2)CC1. The van der Waals surface area contributed by atoms with Crippen LogP contribution >= 0.6 is 27.3 Å². The third-order valence-corrected chi connectivity index (χ3v) is 5.02. The summed E-state index contributed by atoms with van der Waals surface area (Å²) in [6.45, 7) is 4.14. The number of carbonyl (C=O) groups is 2. The maximum absolute atomic E-state index is 12.1. The van der Waals surface area contributed by atoms with Gasteiger partial charge < -0.3 is 15.0 Å². The summed E-state index contributed by atoms with van der Waals surface area (Å²) in [7, 11) is 0.